The lowest BCUT2D eigenvalue weighted by molar-refractivity contribution is -0.385. The molecule has 32 heavy (non-hydrogen) atoms. The second kappa shape index (κ2) is 11.5. The molecule has 0 aliphatic carbocycles. The van der Waals surface area contributed by atoms with Gasteiger partial charge in [-0.3, -0.25) is 24.3 Å². The van der Waals surface area contributed by atoms with Crippen LogP contribution >= 0.6 is 7.60 Å². The van der Waals surface area contributed by atoms with Gasteiger partial charge in [0.15, 0.2) is 0 Å². The fourth-order valence-corrected chi connectivity index (χ4v) is 4.75. The van der Waals surface area contributed by atoms with Crippen LogP contribution in [0, 0.1) is 10.1 Å². The maximum Gasteiger partial charge on any atom is 0.335 e. The van der Waals surface area contributed by atoms with Crippen molar-refractivity contribution in [2.24, 2.45) is 5.73 Å². The minimum atomic E-state index is -3.28. The number of primary amides is 1. The quantitative estimate of drug-likeness (QED) is 0.279. The molecule has 11 heteroatoms. The second-order valence-electron chi connectivity index (χ2n) is 6.82. The summed E-state index contributed by atoms with van der Waals surface area (Å²) in [6, 6.07) is 11.0. The summed E-state index contributed by atoms with van der Waals surface area (Å²) >= 11 is 0. The molecule has 0 unspecified atom stereocenters. The average Bonchev–Trinajstić information content (AvgIpc) is 2.74. The van der Waals surface area contributed by atoms with Gasteiger partial charge in [-0.2, -0.15) is 0 Å². The number of nitrogens with two attached hydrogens (primary N) is 1. The maximum atomic E-state index is 12.6. The SMILES string of the molecule is CCOP(=O)(Cc1ccc(C(=O)N[C@H](Cc2ccccc2[N+](=O)[O-])C(N)=O)cc1)OCC. The zero-order valence-corrected chi connectivity index (χ0v) is 18.7. The molecule has 10 nitrogen and oxygen atoms in total. The molecular formula is C21H26N3O7P. The van der Waals surface area contributed by atoms with Gasteiger partial charge in [-0.05, 0) is 31.5 Å². The highest BCUT2D eigenvalue weighted by Gasteiger charge is 2.25. The highest BCUT2D eigenvalue weighted by atomic mass is 31.2. The molecule has 0 radical (unpaired) electrons. The van der Waals surface area contributed by atoms with Gasteiger partial charge in [0.2, 0.25) is 5.91 Å². The Kier molecular flexibility index (Phi) is 9.07. The van der Waals surface area contributed by atoms with E-state index in [2.05, 4.69) is 5.32 Å². The zero-order valence-electron chi connectivity index (χ0n) is 17.9. The van der Waals surface area contributed by atoms with E-state index in [0.717, 1.165) is 0 Å². The van der Waals surface area contributed by atoms with Gasteiger partial charge in [-0.15, -0.1) is 0 Å². The van der Waals surface area contributed by atoms with Gasteiger partial charge < -0.3 is 20.1 Å². The van der Waals surface area contributed by atoms with Crippen molar-refractivity contribution in [3.8, 4) is 0 Å². The number of amides is 2. The van der Waals surface area contributed by atoms with E-state index < -0.39 is 30.4 Å². The molecule has 3 N–H and O–H groups in total. The molecule has 2 rings (SSSR count). The van der Waals surface area contributed by atoms with Gasteiger partial charge >= 0.3 is 7.60 Å². The first-order chi connectivity index (χ1) is 15.2. The molecule has 0 saturated heterocycles. The minimum absolute atomic E-state index is 0.0537. The first-order valence-corrected chi connectivity index (χ1v) is 11.7. The van der Waals surface area contributed by atoms with Crippen molar-refractivity contribution in [3.63, 3.8) is 0 Å². The summed E-state index contributed by atoms with van der Waals surface area (Å²) in [6.07, 6.45) is -0.0691. The smallest absolute Gasteiger partial charge is 0.335 e. The summed E-state index contributed by atoms with van der Waals surface area (Å²) in [7, 11) is -3.28. The van der Waals surface area contributed by atoms with Crippen molar-refractivity contribution in [3.05, 3.63) is 75.3 Å². The molecule has 2 aromatic rings. The second-order valence-corrected chi connectivity index (χ2v) is 8.87. The topological polar surface area (TPSA) is 151 Å². The van der Waals surface area contributed by atoms with E-state index >= 15 is 0 Å². The number of carbonyl (C=O) groups is 2. The van der Waals surface area contributed by atoms with Gasteiger partial charge in [0.05, 0.1) is 24.3 Å². The summed E-state index contributed by atoms with van der Waals surface area (Å²) in [5.74, 6) is -1.39. The Labute approximate surface area is 185 Å². The van der Waals surface area contributed by atoms with E-state index in [1.165, 1.54) is 30.3 Å². The van der Waals surface area contributed by atoms with Crippen molar-refractivity contribution in [1.29, 1.82) is 0 Å². The summed E-state index contributed by atoms with van der Waals surface area (Å²) in [6.45, 7) is 3.92. The third-order valence-electron chi connectivity index (χ3n) is 4.51. The van der Waals surface area contributed by atoms with Crippen LogP contribution in [0.1, 0.15) is 35.3 Å². The Hall–Kier alpha value is -3.07. The number of rotatable bonds is 12. The van der Waals surface area contributed by atoms with Crippen molar-refractivity contribution in [1.82, 2.24) is 5.32 Å². The van der Waals surface area contributed by atoms with Crippen LogP contribution in [-0.2, 0) is 31.0 Å². The van der Waals surface area contributed by atoms with E-state index in [0.29, 0.717) is 5.56 Å². The largest absolute Gasteiger partial charge is 0.368 e. The van der Waals surface area contributed by atoms with Crippen LogP contribution in [0.15, 0.2) is 48.5 Å². The number of benzene rings is 2. The summed E-state index contributed by atoms with van der Waals surface area (Å²) in [4.78, 5) is 35.1. The molecule has 0 spiro atoms. The van der Waals surface area contributed by atoms with E-state index in [1.807, 2.05) is 0 Å². The lowest BCUT2D eigenvalue weighted by Gasteiger charge is -2.17. The molecule has 0 aliphatic rings. The number of nitrogens with zero attached hydrogens (tertiary/aromatic N) is 1. The van der Waals surface area contributed by atoms with Gasteiger partial charge in [0, 0.05) is 23.6 Å². The predicted octanol–water partition coefficient (Wildman–Crippen LogP) is 3.19. The van der Waals surface area contributed by atoms with Gasteiger partial charge in [0.25, 0.3) is 11.6 Å². The lowest BCUT2D eigenvalue weighted by atomic mass is 10.0. The highest BCUT2D eigenvalue weighted by Crippen LogP contribution is 2.51. The lowest BCUT2D eigenvalue weighted by Crippen LogP contribution is -2.45. The summed E-state index contributed by atoms with van der Waals surface area (Å²) in [5, 5.41) is 13.7. The van der Waals surface area contributed by atoms with Crippen LogP contribution in [0.3, 0.4) is 0 Å². The van der Waals surface area contributed by atoms with Crippen molar-refractivity contribution >= 4 is 25.1 Å². The third kappa shape index (κ3) is 6.98. The van der Waals surface area contributed by atoms with Crippen molar-refractivity contribution < 1.29 is 28.1 Å². The molecule has 0 heterocycles. The van der Waals surface area contributed by atoms with Crippen LogP contribution in [0.4, 0.5) is 5.69 Å². The predicted molar refractivity (Wildman–Crippen MR) is 118 cm³/mol. The Morgan fingerprint density at radius 1 is 1.09 bits per heavy atom. The Bertz CT molecular complexity index is 1000. The van der Waals surface area contributed by atoms with Gasteiger partial charge in [0.1, 0.15) is 6.04 Å². The van der Waals surface area contributed by atoms with Crippen molar-refractivity contribution in [2.45, 2.75) is 32.5 Å². The molecule has 2 aromatic carbocycles. The standard InChI is InChI=1S/C21H26N3O7P/c1-3-30-32(29,31-4-2)14-15-9-11-16(12-10-15)21(26)23-18(20(22)25)13-17-7-5-6-8-19(17)24(27)28/h5-12,18H,3-4,13-14H2,1-2H3,(H2,22,25)(H,23,26)/t18-/m1/s1. The Balaban J connectivity index is 2.12. The molecule has 1 atom stereocenters. The van der Waals surface area contributed by atoms with E-state index in [4.69, 9.17) is 14.8 Å². The molecular weight excluding hydrogens is 437 g/mol. The zero-order chi connectivity index (χ0) is 23.7. The summed E-state index contributed by atoms with van der Waals surface area (Å²) < 4.78 is 23.2. The third-order valence-corrected chi connectivity index (χ3v) is 6.56. The van der Waals surface area contributed by atoms with E-state index in [1.54, 1.807) is 32.0 Å². The number of hydrogen-bond donors (Lipinski definition) is 2. The van der Waals surface area contributed by atoms with Gasteiger partial charge in [-0.25, -0.2) is 0 Å². The number of nitro benzene ring substituents is 1. The number of nitrogens with one attached hydrogen (secondary N) is 1. The fraction of sp³-hybridized carbons (Fsp3) is 0.333. The minimum Gasteiger partial charge on any atom is -0.368 e. The number of carbonyl (C=O) groups excluding carboxylic acids is 2. The van der Waals surface area contributed by atoms with Crippen LogP contribution in [0.2, 0.25) is 0 Å². The first-order valence-electron chi connectivity index (χ1n) is 9.98. The molecule has 0 bridgehead atoms. The Morgan fingerprint density at radius 3 is 2.22 bits per heavy atom. The molecule has 0 aromatic heterocycles. The van der Waals surface area contributed by atoms with E-state index in [-0.39, 0.29) is 42.6 Å². The molecule has 0 fully saturated rings. The maximum absolute atomic E-state index is 12.6. The van der Waals surface area contributed by atoms with Crippen molar-refractivity contribution in [2.75, 3.05) is 13.2 Å². The average molecular weight is 463 g/mol. The number of para-hydroxylation sites is 1. The van der Waals surface area contributed by atoms with Crippen LogP contribution < -0.4 is 11.1 Å². The molecule has 172 valence electrons. The molecule has 0 saturated carbocycles. The number of hydrogen-bond acceptors (Lipinski definition) is 7. The fourth-order valence-electron chi connectivity index (χ4n) is 3.05. The summed E-state index contributed by atoms with van der Waals surface area (Å²) in [5.41, 5.74) is 6.41. The van der Waals surface area contributed by atoms with Gasteiger partial charge in [-0.1, -0.05) is 30.3 Å². The molecule has 0 aliphatic heterocycles. The molecule has 2 amide bonds. The van der Waals surface area contributed by atoms with Crippen LogP contribution in [-0.4, -0.2) is 36.0 Å². The number of nitro groups is 1. The van der Waals surface area contributed by atoms with Crippen LogP contribution in [0.25, 0.3) is 0 Å². The Morgan fingerprint density at radius 2 is 1.69 bits per heavy atom. The monoisotopic (exact) mass is 463 g/mol. The van der Waals surface area contributed by atoms with Crippen LogP contribution in [0.5, 0.6) is 0 Å². The first kappa shape index (κ1) is 25.2. The van der Waals surface area contributed by atoms with E-state index in [9.17, 15) is 24.3 Å². The highest BCUT2D eigenvalue weighted by molar-refractivity contribution is 7.53. The normalized spacial score (nSPS) is 12.2.